The van der Waals surface area contributed by atoms with Crippen molar-refractivity contribution in [1.29, 1.82) is 0 Å². The van der Waals surface area contributed by atoms with Crippen LogP contribution in [-0.2, 0) is 4.74 Å². The third kappa shape index (κ3) is 3.37. The van der Waals surface area contributed by atoms with Gasteiger partial charge in [0.05, 0.1) is 30.8 Å². The van der Waals surface area contributed by atoms with E-state index in [9.17, 15) is 0 Å². The third-order valence-corrected chi connectivity index (χ3v) is 3.68. The molecule has 1 aromatic heterocycles. The average molecular weight is 325 g/mol. The van der Waals surface area contributed by atoms with Gasteiger partial charge in [0.1, 0.15) is 5.02 Å². The summed E-state index contributed by atoms with van der Waals surface area (Å²) in [5.41, 5.74) is 2.02. The molecule has 0 spiro atoms. The molecule has 1 aliphatic heterocycles. The molecule has 110 valence electrons. The number of nitrogens with one attached hydrogen (secondary N) is 1. The number of hydrogen-bond donors (Lipinski definition) is 1. The summed E-state index contributed by atoms with van der Waals surface area (Å²) in [6.07, 6.45) is 1.48. The van der Waals surface area contributed by atoms with Crippen LogP contribution in [-0.4, -0.2) is 36.3 Å². The van der Waals surface area contributed by atoms with Gasteiger partial charge in [-0.25, -0.2) is 4.98 Å². The van der Waals surface area contributed by atoms with E-state index in [4.69, 9.17) is 27.9 Å². The molecule has 0 amide bonds. The molecule has 0 radical (unpaired) electrons. The quantitative estimate of drug-likeness (QED) is 0.877. The molecule has 1 fully saturated rings. The van der Waals surface area contributed by atoms with Gasteiger partial charge in [-0.1, -0.05) is 23.7 Å². The summed E-state index contributed by atoms with van der Waals surface area (Å²) in [6, 6.07) is 8.01. The van der Waals surface area contributed by atoms with Crippen molar-refractivity contribution in [1.82, 2.24) is 9.97 Å². The first-order valence-corrected chi connectivity index (χ1v) is 7.36. The maximum absolute atomic E-state index is 6.10. The monoisotopic (exact) mass is 324 g/mol. The van der Waals surface area contributed by atoms with Crippen molar-refractivity contribution in [3.8, 4) is 0 Å². The van der Waals surface area contributed by atoms with E-state index in [1.165, 1.54) is 6.20 Å². The number of para-hydroxylation sites is 2. The molecule has 0 unspecified atom stereocenters. The van der Waals surface area contributed by atoms with Gasteiger partial charge >= 0.3 is 0 Å². The largest absolute Gasteiger partial charge is 0.378 e. The molecule has 0 bridgehead atoms. The maximum Gasteiger partial charge on any atom is 0.224 e. The normalized spacial score (nSPS) is 15.0. The second kappa shape index (κ2) is 6.47. The highest BCUT2D eigenvalue weighted by atomic mass is 35.5. The van der Waals surface area contributed by atoms with Crippen LogP contribution >= 0.6 is 23.2 Å². The van der Waals surface area contributed by atoms with Crippen molar-refractivity contribution in [2.75, 3.05) is 36.5 Å². The topological polar surface area (TPSA) is 50.3 Å². The van der Waals surface area contributed by atoms with Gasteiger partial charge in [0, 0.05) is 13.1 Å². The number of aromatic nitrogens is 2. The summed E-state index contributed by atoms with van der Waals surface area (Å²) in [6.45, 7) is 3.18. The number of anilines is 3. The highest BCUT2D eigenvalue weighted by Gasteiger charge is 2.15. The molecule has 1 N–H and O–H groups in total. The Kier molecular flexibility index (Phi) is 4.43. The van der Waals surface area contributed by atoms with Gasteiger partial charge < -0.3 is 15.0 Å². The Morgan fingerprint density at radius 2 is 1.90 bits per heavy atom. The molecule has 1 aromatic carbocycles. The first kappa shape index (κ1) is 14.4. The van der Waals surface area contributed by atoms with E-state index in [-0.39, 0.29) is 5.28 Å². The number of nitrogens with zero attached hydrogens (tertiary/aromatic N) is 3. The Bertz CT molecular complexity index is 632. The summed E-state index contributed by atoms with van der Waals surface area (Å²) >= 11 is 11.9. The second-order valence-electron chi connectivity index (χ2n) is 4.58. The summed E-state index contributed by atoms with van der Waals surface area (Å²) in [7, 11) is 0. The van der Waals surface area contributed by atoms with Crippen molar-refractivity contribution in [3.63, 3.8) is 0 Å². The smallest absolute Gasteiger partial charge is 0.224 e. The minimum atomic E-state index is 0.158. The lowest BCUT2D eigenvalue weighted by atomic mass is 10.2. The third-order valence-electron chi connectivity index (χ3n) is 3.22. The van der Waals surface area contributed by atoms with E-state index in [2.05, 4.69) is 26.3 Å². The van der Waals surface area contributed by atoms with Crippen molar-refractivity contribution >= 4 is 40.4 Å². The fourth-order valence-electron chi connectivity index (χ4n) is 2.22. The Balaban J connectivity index is 1.89. The molecular weight excluding hydrogens is 311 g/mol. The first-order chi connectivity index (χ1) is 10.2. The first-order valence-electron chi connectivity index (χ1n) is 6.61. The van der Waals surface area contributed by atoms with Gasteiger partial charge in [-0.15, -0.1) is 0 Å². The zero-order valence-corrected chi connectivity index (χ0v) is 12.7. The lowest BCUT2D eigenvalue weighted by Crippen LogP contribution is -2.36. The van der Waals surface area contributed by atoms with Crippen LogP contribution in [0.5, 0.6) is 0 Å². The summed E-state index contributed by atoms with van der Waals surface area (Å²) in [5.74, 6) is 0.498. The Morgan fingerprint density at radius 3 is 2.71 bits per heavy atom. The van der Waals surface area contributed by atoms with Gasteiger partial charge in [0.25, 0.3) is 0 Å². The fourth-order valence-corrected chi connectivity index (χ4v) is 2.49. The van der Waals surface area contributed by atoms with Crippen LogP contribution < -0.4 is 10.2 Å². The lowest BCUT2D eigenvalue weighted by molar-refractivity contribution is 0.123. The van der Waals surface area contributed by atoms with Crippen molar-refractivity contribution in [3.05, 3.63) is 40.8 Å². The van der Waals surface area contributed by atoms with Gasteiger partial charge in [0.2, 0.25) is 5.28 Å². The molecule has 5 nitrogen and oxygen atoms in total. The Hall–Kier alpha value is -1.56. The molecule has 0 saturated carbocycles. The molecule has 0 aliphatic carbocycles. The van der Waals surface area contributed by atoms with E-state index in [0.717, 1.165) is 37.7 Å². The highest BCUT2D eigenvalue weighted by molar-refractivity contribution is 6.33. The predicted molar refractivity (Wildman–Crippen MR) is 84.8 cm³/mol. The van der Waals surface area contributed by atoms with E-state index in [1.807, 2.05) is 18.2 Å². The number of hydrogen-bond acceptors (Lipinski definition) is 5. The van der Waals surface area contributed by atoms with Gasteiger partial charge in [-0.2, -0.15) is 4.98 Å². The molecule has 1 aliphatic rings. The van der Waals surface area contributed by atoms with Crippen LogP contribution in [0.2, 0.25) is 10.3 Å². The molecule has 0 atom stereocenters. The maximum atomic E-state index is 6.10. The Morgan fingerprint density at radius 1 is 1.14 bits per heavy atom. The lowest BCUT2D eigenvalue weighted by Gasteiger charge is -2.30. The van der Waals surface area contributed by atoms with Crippen LogP contribution in [0.25, 0.3) is 0 Å². The summed E-state index contributed by atoms with van der Waals surface area (Å²) < 4.78 is 5.39. The van der Waals surface area contributed by atoms with Crippen molar-refractivity contribution in [2.45, 2.75) is 0 Å². The summed E-state index contributed by atoms with van der Waals surface area (Å²) in [5, 5.41) is 3.81. The zero-order valence-electron chi connectivity index (χ0n) is 11.2. The molecule has 21 heavy (non-hydrogen) atoms. The predicted octanol–water partition coefficient (Wildman–Crippen LogP) is 3.36. The zero-order chi connectivity index (χ0) is 14.7. The van der Waals surface area contributed by atoms with Gasteiger partial charge in [0.15, 0.2) is 5.82 Å². The number of rotatable bonds is 3. The number of halogens is 2. The number of benzene rings is 1. The second-order valence-corrected chi connectivity index (χ2v) is 5.32. The van der Waals surface area contributed by atoms with Crippen LogP contribution in [0.15, 0.2) is 30.5 Å². The standard InChI is InChI=1S/C14H14Cl2N4O/c15-10-9-17-14(16)19-13(10)18-11-3-1-2-4-12(11)20-5-7-21-8-6-20/h1-4,9H,5-8H2,(H,17,18,19). The molecule has 1 saturated heterocycles. The minimum absolute atomic E-state index is 0.158. The highest BCUT2D eigenvalue weighted by Crippen LogP contribution is 2.31. The van der Waals surface area contributed by atoms with Crippen LogP contribution in [0, 0.1) is 0 Å². The molecular formula is C14H14Cl2N4O. The van der Waals surface area contributed by atoms with Crippen LogP contribution in [0.4, 0.5) is 17.2 Å². The van der Waals surface area contributed by atoms with Crippen molar-refractivity contribution < 1.29 is 4.74 Å². The molecule has 2 aromatic rings. The Labute approximate surface area is 132 Å². The molecule has 3 rings (SSSR count). The fraction of sp³-hybridized carbons (Fsp3) is 0.286. The number of morpholine rings is 1. The molecule has 2 heterocycles. The van der Waals surface area contributed by atoms with E-state index >= 15 is 0 Å². The van der Waals surface area contributed by atoms with Gasteiger partial charge in [-0.3, -0.25) is 0 Å². The average Bonchev–Trinajstić information content (AvgIpc) is 2.52. The van der Waals surface area contributed by atoms with E-state index in [0.29, 0.717) is 10.8 Å². The molecule has 7 heteroatoms. The van der Waals surface area contributed by atoms with E-state index < -0.39 is 0 Å². The minimum Gasteiger partial charge on any atom is -0.378 e. The van der Waals surface area contributed by atoms with Gasteiger partial charge in [-0.05, 0) is 23.7 Å². The summed E-state index contributed by atoms with van der Waals surface area (Å²) in [4.78, 5) is 10.2. The van der Waals surface area contributed by atoms with Crippen LogP contribution in [0.1, 0.15) is 0 Å². The van der Waals surface area contributed by atoms with Crippen LogP contribution in [0.3, 0.4) is 0 Å². The van der Waals surface area contributed by atoms with E-state index in [1.54, 1.807) is 0 Å². The number of ether oxygens (including phenoxy) is 1. The van der Waals surface area contributed by atoms with Crippen molar-refractivity contribution in [2.24, 2.45) is 0 Å². The SMILES string of the molecule is Clc1ncc(Cl)c(Nc2ccccc2N2CCOCC2)n1.